The molecule has 0 saturated heterocycles. The predicted octanol–water partition coefficient (Wildman–Crippen LogP) is 7.51. The molecule has 4 aromatic rings. The predicted molar refractivity (Wildman–Crippen MR) is 227 cm³/mol. The molecule has 0 aliphatic rings. The lowest BCUT2D eigenvalue weighted by Crippen LogP contribution is -2.52. The van der Waals surface area contributed by atoms with Crippen molar-refractivity contribution in [2.75, 3.05) is 19.8 Å². The second kappa shape index (κ2) is 23.5. The van der Waals surface area contributed by atoms with E-state index >= 15 is 0 Å². The summed E-state index contributed by atoms with van der Waals surface area (Å²) in [5.41, 5.74) is 4.88. The summed E-state index contributed by atoms with van der Waals surface area (Å²) >= 11 is 1.53. The Hall–Kier alpha value is -4.43. The first kappa shape index (κ1) is 46.7. The van der Waals surface area contributed by atoms with Gasteiger partial charge in [-0.2, -0.15) is 13.5 Å². The molecule has 1 aromatic heterocycles. The molecule has 1 heterocycles. The van der Waals surface area contributed by atoms with Crippen LogP contribution in [0, 0.1) is 0 Å². The number of hydrogen-bond acceptors (Lipinski definition) is 8. The lowest BCUT2D eigenvalue weighted by atomic mass is 10.0. The van der Waals surface area contributed by atoms with Crippen LogP contribution >= 0.6 is 24.8 Å². The largest absolute Gasteiger partial charge is 0.488 e. The molecule has 55 heavy (non-hydrogen) atoms. The van der Waals surface area contributed by atoms with E-state index in [1.807, 2.05) is 107 Å². The first-order chi connectivity index (χ1) is 25.5. The van der Waals surface area contributed by atoms with Crippen LogP contribution in [-0.2, 0) is 38.6 Å². The summed E-state index contributed by atoms with van der Waals surface area (Å²) in [5, 5.41) is 8.74. The minimum Gasteiger partial charge on any atom is -0.488 e. The van der Waals surface area contributed by atoms with E-state index < -0.39 is 24.4 Å². The van der Waals surface area contributed by atoms with Gasteiger partial charge in [0.1, 0.15) is 17.4 Å². The van der Waals surface area contributed by atoms with Crippen molar-refractivity contribution in [2.45, 2.75) is 98.4 Å². The lowest BCUT2D eigenvalue weighted by Gasteiger charge is -2.31. The fourth-order valence-electron chi connectivity index (χ4n) is 5.81. The number of hydrogen-bond donors (Lipinski definition) is 3. The SMILES string of the molecule is C.C=CC[C@H](CC(=O)N[C@@H](Cc1ccc(OC(C)(C)C)cc1)C(=O)N(Cc1cccc2scnc12)CC(OCC)OCC)NC(=O)NCc1ccccc1.S. The van der Waals surface area contributed by atoms with E-state index in [0.717, 1.165) is 26.9 Å². The number of amides is 4. The zero-order chi connectivity index (χ0) is 38.2. The Balaban J connectivity index is 0.00000523. The zero-order valence-corrected chi connectivity index (χ0v) is 33.7. The van der Waals surface area contributed by atoms with E-state index in [2.05, 4.69) is 27.5 Å². The third-order valence-electron chi connectivity index (χ3n) is 8.13. The summed E-state index contributed by atoms with van der Waals surface area (Å²) in [6.07, 6.45) is 1.48. The molecule has 0 spiro atoms. The van der Waals surface area contributed by atoms with Crippen molar-refractivity contribution < 1.29 is 28.6 Å². The first-order valence-electron chi connectivity index (χ1n) is 18.1. The van der Waals surface area contributed by atoms with Crippen molar-refractivity contribution in [2.24, 2.45) is 0 Å². The highest BCUT2D eigenvalue weighted by Gasteiger charge is 2.30. The topological polar surface area (TPSA) is 131 Å². The van der Waals surface area contributed by atoms with Crippen molar-refractivity contribution in [3.8, 4) is 5.75 Å². The minimum absolute atomic E-state index is 0. The van der Waals surface area contributed by atoms with Crippen molar-refractivity contribution in [3.63, 3.8) is 0 Å². The van der Waals surface area contributed by atoms with Crippen LogP contribution in [0.15, 0.2) is 91.0 Å². The smallest absolute Gasteiger partial charge is 0.315 e. The van der Waals surface area contributed by atoms with Gasteiger partial charge in [-0.25, -0.2) is 9.78 Å². The summed E-state index contributed by atoms with van der Waals surface area (Å²) in [5.74, 6) is 0.00380. The van der Waals surface area contributed by atoms with Crippen LogP contribution in [0.25, 0.3) is 10.2 Å². The fourth-order valence-corrected chi connectivity index (χ4v) is 6.53. The molecular formula is C42H59N5O6S2. The van der Waals surface area contributed by atoms with Gasteiger partial charge in [0.05, 0.1) is 22.3 Å². The van der Waals surface area contributed by atoms with Gasteiger partial charge in [-0.15, -0.1) is 17.9 Å². The van der Waals surface area contributed by atoms with Crippen LogP contribution in [0.1, 0.15) is 71.6 Å². The fraction of sp³-hybridized carbons (Fsp3) is 0.429. The molecule has 0 bridgehead atoms. The monoisotopic (exact) mass is 793 g/mol. The Morgan fingerprint density at radius 1 is 0.927 bits per heavy atom. The third kappa shape index (κ3) is 15.7. The lowest BCUT2D eigenvalue weighted by molar-refractivity contribution is -0.161. The molecule has 3 aromatic carbocycles. The Morgan fingerprint density at radius 3 is 2.25 bits per heavy atom. The minimum atomic E-state index is -0.952. The molecule has 0 saturated carbocycles. The number of nitrogens with zero attached hydrogens (tertiary/aromatic N) is 2. The molecule has 0 fully saturated rings. The number of thiazole rings is 1. The molecule has 13 heteroatoms. The second-order valence-corrected chi connectivity index (χ2v) is 14.5. The number of fused-ring (bicyclic) bond motifs is 1. The number of carbonyl (C=O) groups excluding carboxylic acids is 3. The van der Waals surface area contributed by atoms with Gasteiger partial charge < -0.3 is 35.1 Å². The average Bonchev–Trinajstić information content (AvgIpc) is 3.61. The van der Waals surface area contributed by atoms with Gasteiger partial charge in [0, 0.05) is 45.2 Å². The summed E-state index contributed by atoms with van der Waals surface area (Å²) in [6, 6.07) is 21.1. The summed E-state index contributed by atoms with van der Waals surface area (Å²) < 4.78 is 18.8. The summed E-state index contributed by atoms with van der Waals surface area (Å²) in [6.45, 7) is 15.0. The van der Waals surface area contributed by atoms with E-state index in [1.165, 1.54) is 11.3 Å². The molecule has 4 amide bonds. The number of aromatic nitrogens is 1. The molecule has 0 radical (unpaired) electrons. The van der Waals surface area contributed by atoms with Gasteiger partial charge in [0.15, 0.2) is 6.29 Å². The van der Waals surface area contributed by atoms with Crippen LogP contribution in [0.4, 0.5) is 4.79 Å². The highest BCUT2D eigenvalue weighted by Crippen LogP contribution is 2.24. The van der Waals surface area contributed by atoms with E-state index in [9.17, 15) is 14.4 Å². The van der Waals surface area contributed by atoms with E-state index in [1.54, 1.807) is 16.5 Å². The first-order valence-corrected chi connectivity index (χ1v) is 19.0. The third-order valence-corrected chi connectivity index (χ3v) is 8.92. The van der Waals surface area contributed by atoms with Crippen molar-refractivity contribution in [3.05, 3.63) is 108 Å². The Labute approximate surface area is 337 Å². The summed E-state index contributed by atoms with van der Waals surface area (Å²) in [7, 11) is 0. The van der Waals surface area contributed by atoms with Gasteiger partial charge in [0.25, 0.3) is 0 Å². The van der Waals surface area contributed by atoms with Crippen LogP contribution in [0.5, 0.6) is 5.75 Å². The van der Waals surface area contributed by atoms with E-state index in [-0.39, 0.29) is 64.3 Å². The van der Waals surface area contributed by atoms with Crippen LogP contribution in [0.2, 0.25) is 0 Å². The quantitative estimate of drug-likeness (QED) is 0.0624. The molecule has 300 valence electrons. The summed E-state index contributed by atoms with van der Waals surface area (Å²) in [4.78, 5) is 47.6. The maximum atomic E-state index is 14.7. The zero-order valence-electron chi connectivity index (χ0n) is 31.9. The number of nitrogens with one attached hydrogen (secondary N) is 3. The molecule has 11 nitrogen and oxygen atoms in total. The Bertz CT molecular complexity index is 1760. The Kier molecular flexibility index (Phi) is 19.9. The van der Waals surface area contributed by atoms with E-state index in [0.29, 0.717) is 31.9 Å². The number of benzene rings is 3. The van der Waals surface area contributed by atoms with Gasteiger partial charge in [-0.1, -0.05) is 68.1 Å². The second-order valence-electron chi connectivity index (χ2n) is 13.6. The van der Waals surface area contributed by atoms with Crippen molar-refractivity contribution in [1.82, 2.24) is 25.8 Å². The van der Waals surface area contributed by atoms with Gasteiger partial charge >= 0.3 is 6.03 Å². The number of para-hydroxylation sites is 1. The maximum Gasteiger partial charge on any atom is 0.315 e. The van der Waals surface area contributed by atoms with E-state index in [4.69, 9.17) is 14.2 Å². The maximum absolute atomic E-state index is 14.7. The van der Waals surface area contributed by atoms with Crippen LogP contribution in [-0.4, -0.2) is 71.5 Å². The highest BCUT2D eigenvalue weighted by molar-refractivity contribution is 7.59. The number of ether oxygens (including phenoxy) is 3. The molecule has 3 N–H and O–H groups in total. The Morgan fingerprint density at radius 2 is 1.62 bits per heavy atom. The molecular weight excluding hydrogens is 735 g/mol. The molecule has 0 aliphatic heterocycles. The van der Waals surface area contributed by atoms with Crippen LogP contribution < -0.4 is 20.7 Å². The molecule has 4 rings (SSSR count). The molecule has 2 atom stereocenters. The average molecular weight is 794 g/mol. The van der Waals surface area contributed by atoms with Crippen molar-refractivity contribution >= 4 is 52.9 Å². The standard InChI is InChI=1S/C41H53N5O6S.CH4.H2S/c1-7-14-32(44-40(49)42-25-30-15-11-10-12-16-30)24-36(47)45-34(23-29-19-21-33(22-20-29)52-41(4,5)6)39(48)46(27-37(50-8-2)51-9-3)26-31-17-13-18-35-38(31)43-28-53-35;;/h7,10-13,15-22,28,32,34,37H,1,8-9,14,23-27H2,2-6H3,(H,45,47)(H2,42,44,49);1H4;1H2/t32-,34+;;/m1../s1. The number of rotatable bonds is 20. The van der Waals surface area contributed by atoms with Gasteiger partial charge in [0.2, 0.25) is 11.8 Å². The number of carbonyl (C=O) groups is 3. The van der Waals surface area contributed by atoms with Crippen LogP contribution in [0.3, 0.4) is 0 Å². The van der Waals surface area contributed by atoms with Crippen molar-refractivity contribution in [1.29, 1.82) is 0 Å². The highest BCUT2D eigenvalue weighted by atomic mass is 32.1. The van der Waals surface area contributed by atoms with Gasteiger partial charge in [-0.3, -0.25) is 9.59 Å². The molecule has 0 aliphatic carbocycles. The normalized spacial score (nSPS) is 12.1. The van der Waals surface area contributed by atoms with Gasteiger partial charge in [-0.05, 0) is 75.9 Å². The molecule has 0 unspecified atom stereocenters. The number of urea groups is 1.